The summed E-state index contributed by atoms with van der Waals surface area (Å²) in [6, 6.07) is 11.5. The topological polar surface area (TPSA) is 70.0 Å². The molecule has 3 rings (SSSR count). The lowest BCUT2D eigenvalue weighted by molar-refractivity contribution is -0.141. The number of benzene rings is 2. The van der Waals surface area contributed by atoms with Crippen LogP contribution in [0, 0.1) is 0 Å². The number of hydrogen-bond acceptors (Lipinski definition) is 3. The first-order valence-electron chi connectivity index (χ1n) is 7.99. The zero-order valence-corrected chi connectivity index (χ0v) is 16.2. The van der Waals surface area contributed by atoms with E-state index >= 15 is 0 Å². The molecular weight excluding hydrogens is 387 g/mol. The molecule has 1 aliphatic heterocycles. The molecule has 0 bridgehead atoms. The van der Waals surface area contributed by atoms with E-state index in [4.69, 9.17) is 23.2 Å². The predicted octanol–water partition coefficient (Wildman–Crippen LogP) is 2.40. The molecule has 1 heterocycles. The summed E-state index contributed by atoms with van der Waals surface area (Å²) in [6.45, 7) is 3.88. The van der Waals surface area contributed by atoms with Crippen LogP contribution in [0.4, 0.5) is 0 Å². The highest BCUT2D eigenvalue weighted by molar-refractivity contribution is 6.35. The van der Waals surface area contributed by atoms with Crippen LogP contribution in [0.25, 0.3) is 5.57 Å². The summed E-state index contributed by atoms with van der Waals surface area (Å²) in [4.78, 5) is 31.0. The first-order valence-corrected chi connectivity index (χ1v) is 8.75. The van der Waals surface area contributed by atoms with E-state index in [-0.39, 0.29) is 16.2 Å². The van der Waals surface area contributed by atoms with Crippen molar-refractivity contribution in [2.45, 2.75) is 5.54 Å². The molecule has 2 aromatic rings. The number of carboxylic acids is 1. The van der Waals surface area contributed by atoms with E-state index in [2.05, 4.69) is 11.6 Å². The van der Waals surface area contributed by atoms with Gasteiger partial charge in [0.1, 0.15) is 0 Å². The summed E-state index contributed by atoms with van der Waals surface area (Å²) in [6.07, 6.45) is 0. The molecule has 7 heteroatoms. The molecule has 1 unspecified atom stereocenters. The Hall–Kier alpha value is -2.63. The van der Waals surface area contributed by atoms with E-state index in [1.165, 1.54) is 17.0 Å². The van der Waals surface area contributed by atoms with E-state index < -0.39 is 17.4 Å². The van der Waals surface area contributed by atoms with Gasteiger partial charge in [-0.15, -0.1) is 0 Å². The standard InChI is InChI=1S/C20H16Cl2N2O3/c1-11(18(25)24(2)3)17-16-14(22)9-13(21)10-15(16)23-20(17,19(26)27)12-7-5-4-6-8-12/h4-10H,1H2,2-3H3,(H,26,27). The third-order valence-electron chi connectivity index (χ3n) is 4.40. The van der Waals surface area contributed by atoms with Gasteiger partial charge in [-0.3, -0.25) is 9.79 Å². The fraction of sp³-hybridized carbons (Fsp3) is 0.150. The van der Waals surface area contributed by atoms with Crippen LogP contribution < -0.4 is 10.6 Å². The van der Waals surface area contributed by atoms with Gasteiger partial charge >= 0.3 is 5.97 Å². The highest BCUT2D eigenvalue weighted by atomic mass is 35.5. The normalized spacial score (nSPS) is 17.9. The lowest BCUT2D eigenvalue weighted by Crippen LogP contribution is -2.38. The minimum absolute atomic E-state index is 0.0120. The predicted molar refractivity (Wildman–Crippen MR) is 104 cm³/mol. The molecule has 1 atom stereocenters. The minimum atomic E-state index is -1.85. The van der Waals surface area contributed by atoms with Crippen molar-refractivity contribution in [2.75, 3.05) is 14.1 Å². The number of rotatable bonds is 4. The van der Waals surface area contributed by atoms with Crippen LogP contribution in [-0.2, 0) is 15.1 Å². The van der Waals surface area contributed by atoms with Gasteiger partial charge in [-0.25, -0.2) is 4.79 Å². The number of fused-ring (bicyclic) bond motifs is 1. The van der Waals surface area contributed by atoms with Gasteiger partial charge in [0.15, 0.2) is 0 Å². The molecule has 0 fully saturated rings. The SMILES string of the molecule is C=C(C(=O)N(C)C)C1=c2c(Cl)cc(Cl)cc2=NC1(C(=O)O)c1ccccc1. The molecule has 0 aromatic heterocycles. The largest absolute Gasteiger partial charge is 0.479 e. The highest BCUT2D eigenvalue weighted by Crippen LogP contribution is 2.40. The van der Waals surface area contributed by atoms with Crippen molar-refractivity contribution in [3.8, 4) is 0 Å². The van der Waals surface area contributed by atoms with Gasteiger partial charge < -0.3 is 10.0 Å². The number of halogens is 2. The second-order valence-electron chi connectivity index (χ2n) is 6.33. The number of carbonyl (C=O) groups is 2. The second-order valence-corrected chi connectivity index (χ2v) is 7.17. The second kappa shape index (κ2) is 6.83. The summed E-state index contributed by atoms with van der Waals surface area (Å²) in [7, 11) is 3.13. The minimum Gasteiger partial charge on any atom is -0.479 e. The molecule has 0 radical (unpaired) electrons. The van der Waals surface area contributed by atoms with Gasteiger partial charge in [-0.1, -0.05) is 60.1 Å². The Morgan fingerprint density at radius 1 is 1.15 bits per heavy atom. The molecule has 138 valence electrons. The van der Waals surface area contributed by atoms with Crippen LogP contribution in [0.3, 0.4) is 0 Å². The van der Waals surface area contributed by atoms with Crippen molar-refractivity contribution >= 4 is 40.7 Å². The van der Waals surface area contributed by atoms with Crippen LogP contribution in [0.2, 0.25) is 10.0 Å². The Kier molecular flexibility index (Phi) is 4.84. The lowest BCUT2D eigenvalue weighted by atomic mass is 9.79. The lowest BCUT2D eigenvalue weighted by Gasteiger charge is -2.28. The number of hydrogen-bond donors (Lipinski definition) is 1. The Morgan fingerprint density at radius 3 is 2.33 bits per heavy atom. The Morgan fingerprint density at radius 2 is 1.78 bits per heavy atom. The van der Waals surface area contributed by atoms with Gasteiger partial charge in [-0.05, 0) is 17.7 Å². The van der Waals surface area contributed by atoms with Crippen molar-refractivity contribution in [1.29, 1.82) is 0 Å². The maximum absolute atomic E-state index is 12.7. The third-order valence-corrected chi connectivity index (χ3v) is 4.92. The number of carboxylic acid groups (broad SMARTS) is 1. The summed E-state index contributed by atoms with van der Waals surface area (Å²) >= 11 is 12.5. The Labute approximate surface area is 165 Å². The monoisotopic (exact) mass is 402 g/mol. The van der Waals surface area contributed by atoms with Crippen molar-refractivity contribution in [2.24, 2.45) is 4.99 Å². The van der Waals surface area contributed by atoms with E-state index in [0.29, 0.717) is 21.2 Å². The molecule has 0 spiro atoms. The summed E-state index contributed by atoms with van der Waals surface area (Å²) in [5.41, 5.74) is -1.29. The number of carbonyl (C=O) groups excluding carboxylic acids is 1. The maximum atomic E-state index is 12.7. The van der Waals surface area contributed by atoms with Crippen LogP contribution in [0.15, 0.2) is 59.6 Å². The van der Waals surface area contributed by atoms with Crippen molar-refractivity contribution in [3.05, 3.63) is 80.8 Å². The first-order chi connectivity index (χ1) is 12.7. The maximum Gasteiger partial charge on any atom is 0.341 e. The van der Waals surface area contributed by atoms with Gasteiger partial charge in [0.05, 0.1) is 10.4 Å². The highest BCUT2D eigenvalue weighted by Gasteiger charge is 2.49. The number of amides is 1. The molecule has 27 heavy (non-hydrogen) atoms. The molecular formula is C20H16Cl2N2O3. The van der Waals surface area contributed by atoms with Gasteiger partial charge in [0.25, 0.3) is 5.91 Å². The van der Waals surface area contributed by atoms with E-state index in [0.717, 1.165) is 0 Å². The average Bonchev–Trinajstić information content (AvgIpc) is 2.97. The molecule has 5 nitrogen and oxygen atoms in total. The molecule has 0 aliphatic carbocycles. The molecule has 1 aliphatic rings. The molecule has 1 N–H and O–H groups in total. The van der Waals surface area contributed by atoms with E-state index in [9.17, 15) is 14.7 Å². The number of likely N-dealkylation sites (N-methyl/N-ethyl adjacent to an activating group) is 1. The third kappa shape index (κ3) is 2.93. The van der Waals surface area contributed by atoms with Crippen molar-refractivity contribution in [1.82, 2.24) is 4.90 Å². The molecule has 1 amide bonds. The molecule has 0 saturated carbocycles. The summed E-state index contributed by atoms with van der Waals surface area (Å²) < 4.78 is 0. The fourth-order valence-corrected chi connectivity index (χ4v) is 3.80. The zero-order valence-electron chi connectivity index (χ0n) is 14.7. The fourth-order valence-electron chi connectivity index (χ4n) is 3.23. The summed E-state index contributed by atoms with van der Waals surface area (Å²) in [5, 5.41) is 11.4. The summed E-state index contributed by atoms with van der Waals surface area (Å²) in [5.74, 6) is -1.67. The number of aliphatic carboxylic acids is 1. The Balaban J connectivity index is 2.50. The first kappa shape index (κ1) is 19.1. The quantitative estimate of drug-likeness (QED) is 0.798. The van der Waals surface area contributed by atoms with Crippen LogP contribution >= 0.6 is 23.2 Å². The van der Waals surface area contributed by atoms with Gasteiger partial charge in [-0.2, -0.15) is 0 Å². The van der Waals surface area contributed by atoms with Gasteiger partial charge in [0.2, 0.25) is 5.54 Å². The van der Waals surface area contributed by atoms with Crippen LogP contribution in [-0.4, -0.2) is 36.0 Å². The van der Waals surface area contributed by atoms with Crippen LogP contribution in [0.5, 0.6) is 0 Å². The van der Waals surface area contributed by atoms with E-state index in [1.54, 1.807) is 44.4 Å². The van der Waals surface area contributed by atoms with Crippen molar-refractivity contribution < 1.29 is 14.7 Å². The number of nitrogens with zero attached hydrogens (tertiary/aromatic N) is 2. The van der Waals surface area contributed by atoms with Crippen LogP contribution in [0.1, 0.15) is 5.56 Å². The zero-order chi connectivity index (χ0) is 19.9. The smallest absolute Gasteiger partial charge is 0.341 e. The average molecular weight is 403 g/mol. The van der Waals surface area contributed by atoms with E-state index in [1.807, 2.05) is 0 Å². The Bertz CT molecular complexity index is 1090. The molecule has 2 aromatic carbocycles. The van der Waals surface area contributed by atoms with Crippen molar-refractivity contribution in [3.63, 3.8) is 0 Å². The molecule has 0 saturated heterocycles. The van der Waals surface area contributed by atoms with Gasteiger partial charge in [0, 0.05) is 35.5 Å².